The predicted octanol–water partition coefficient (Wildman–Crippen LogP) is 26.4. The summed E-state index contributed by atoms with van der Waals surface area (Å²) in [5.74, 6) is 0. The van der Waals surface area contributed by atoms with E-state index in [0.717, 1.165) is 123 Å². The Morgan fingerprint density at radius 1 is 0.156 bits per heavy atom. The number of hydrogen-bond acceptors (Lipinski definition) is 4. The molecule has 16 rings (SSSR count). The molecule has 16 aromatic rings. The summed E-state index contributed by atoms with van der Waals surface area (Å²) in [6.45, 7) is 8.68. The second-order valence-electron chi connectivity index (χ2n) is 25.2. The highest BCUT2D eigenvalue weighted by atomic mass is 15.2. The van der Waals surface area contributed by atoms with Crippen molar-refractivity contribution in [1.82, 2.24) is 0 Å². The Hall–Kier alpha value is -12.2. The van der Waals surface area contributed by atoms with Crippen molar-refractivity contribution in [3.8, 4) is 44.5 Å². The van der Waals surface area contributed by atoms with Gasteiger partial charge in [-0.3, -0.25) is 0 Å². The number of aryl methyl sites for hydroxylation is 4. The molecule has 0 spiro atoms. The Morgan fingerprint density at radius 2 is 0.312 bits per heavy atom. The summed E-state index contributed by atoms with van der Waals surface area (Å²) in [5, 5.41) is 6.79. The fraction of sp³-hybridized carbons (Fsp3) is 0.0435. The van der Waals surface area contributed by atoms with Crippen LogP contribution in [0.15, 0.2) is 352 Å². The van der Waals surface area contributed by atoms with Crippen molar-refractivity contribution in [1.29, 1.82) is 0 Å². The summed E-state index contributed by atoms with van der Waals surface area (Å²) in [5.41, 5.74) is 26.7. The van der Waals surface area contributed by atoms with Gasteiger partial charge in [0.15, 0.2) is 0 Å². The van der Waals surface area contributed by atoms with Crippen LogP contribution >= 0.6 is 0 Å². The zero-order valence-corrected chi connectivity index (χ0v) is 54.3. The van der Waals surface area contributed by atoms with E-state index in [9.17, 15) is 0 Å². The maximum absolute atomic E-state index is 2.48. The third-order valence-electron chi connectivity index (χ3n) is 18.9. The molecule has 0 amide bonds. The summed E-state index contributed by atoms with van der Waals surface area (Å²) in [6.07, 6.45) is 0. The molecule has 0 aliphatic heterocycles. The molecule has 0 unspecified atom stereocenters. The van der Waals surface area contributed by atoms with E-state index in [1.54, 1.807) is 0 Å². The van der Waals surface area contributed by atoms with E-state index < -0.39 is 0 Å². The van der Waals surface area contributed by atoms with Crippen LogP contribution in [0.3, 0.4) is 0 Å². The highest BCUT2D eigenvalue weighted by molar-refractivity contribution is 6.33. The van der Waals surface area contributed by atoms with E-state index in [4.69, 9.17) is 0 Å². The van der Waals surface area contributed by atoms with Crippen LogP contribution in [0.5, 0.6) is 0 Å². The molecule has 96 heavy (non-hydrogen) atoms. The van der Waals surface area contributed by atoms with Crippen LogP contribution < -0.4 is 19.6 Å². The van der Waals surface area contributed by atoms with Crippen LogP contribution in [0, 0.1) is 27.7 Å². The lowest BCUT2D eigenvalue weighted by Gasteiger charge is -2.34. The van der Waals surface area contributed by atoms with E-state index in [1.165, 1.54) is 44.5 Å². The molecular formula is C92H70N4. The van der Waals surface area contributed by atoms with E-state index >= 15 is 0 Å². The van der Waals surface area contributed by atoms with Gasteiger partial charge < -0.3 is 19.6 Å². The summed E-state index contributed by atoms with van der Waals surface area (Å²) < 4.78 is 0. The minimum atomic E-state index is 1.05. The second kappa shape index (κ2) is 25.3. The first-order chi connectivity index (χ1) is 47.2. The summed E-state index contributed by atoms with van der Waals surface area (Å²) in [6, 6.07) is 130. The molecule has 4 heteroatoms. The Bertz CT molecular complexity index is 4680. The van der Waals surface area contributed by atoms with E-state index in [1.807, 2.05) is 0 Å². The fourth-order valence-electron chi connectivity index (χ4n) is 13.9. The van der Waals surface area contributed by atoms with Gasteiger partial charge >= 0.3 is 0 Å². The van der Waals surface area contributed by atoms with Crippen molar-refractivity contribution in [2.24, 2.45) is 0 Å². The molecule has 0 radical (unpaired) electrons. The van der Waals surface area contributed by atoms with Crippen molar-refractivity contribution in [3.05, 3.63) is 374 Å². The third kappa shape index (κ3) is 11.2. The topological polar surface area (TPSA) is 13.0 Å². The van der Waals surface area contributed by atoms with Crippen molar-refractivity contribution in [2.45, 2.75) is 27.7 Å². The van der Waals surface area contributed by atoms with Crippen LogP contribution in [-0.4, -0.2) is 0 Å². The van der Waals surface area contributed by atoms with Gasteiger partial charge in [-0.1, -0.05) is 265 Å². The Labute approximate surface area is 563 Å². The number of anilines is 12. The zero-order valence-electron chi connectivity index (χ0n) is 54.3. The lowest BCUT2D eigenvalue weighted by atomic mass is 9.89. The molecule has 0 saturated carbocycles. The van der Waals surface area contributed by atoms with Crippen LogP contribution in [-0.2, 0) is 0 Å². The maximum atomic E-state index is 2.48. The van der Waals surface area contributed by atoms with Crippen molar-refractivity contribution in [3.63, 3.8) is 0 Å². The molecular weight excluding hydrogens is 1160 g/mol. The summed E-state index contributed by atoms with van der Waals surface area (Å²) >= 11 is 0. The average molecular weight is 1230 g/mol. The van der Waals surface area contributed by atoms with Gasteiger partial charge in [0.05, 0.1) is 22.7 Å². The number of benzene rings is 16. The number of nitrogens with zero attached hydrogens (tertiary/aromatic N) is 4. The number of hydrogen-bond donors (Lipinski definition) is 0. The number of rotatable bonds is 16. The largest absolute Gasteiger partial charge is 0.310 e. The molecule has 0 atom stereocenters. The van der Waals surface area contributed by atoms with Gasteiger partial charge in [-0.25, -0.2) is 0 Å². The van der Waals surface area contributed by atoms with Gasteiger partial charge in [-0.15, -0.1) is 0 Å². The zero-order chi connectivity index (χ0) is 64.6. The highest BCUT2D eigenvalue weighted by Gasteiger charge is 2.30. The van der Waals surface area contributed by atoms with Crippen molar-refractivity contribution in [2.75, 3.05) is 19.6 Å². The van der Waals surface area contributed by atoms with Crippen LogP contribution in [0.25, 0.3) is 76.8 Å². The molecule has 4 nitrogen and oxygen atoms in total. The lowest BCUT2D eigenvalue weighted by molar-refractivity contribution is 1.26. The standard InChI is InChI=1S/C92H70N4/c1-63-25-41-75(42-26-63)93(79-49-33-71(34-50-79)67-17-9-5-10-18-67)87-61-88(94(76-43-27-64(2)28-44-76)80-51-35-72(36-52-80)68-19-11-6-12-20-68)84-59-60-86-90(96(78-47-31-66(4)32-48-78)82-55-39-74(40-56-82)70-23-15-8-16-24-70)62-89(85-58-57-83(87)91(84)92(85)86)95(77-45-29-65(3)30-46-77)81-53-37-73(38-54-81)69-21-13-7-14-22-69/h5-62H,1-4H3. The van der Waals surface area contributed by atoms with Gasteiger partial charge in [0.25, 0.3) is 0 Å². The van der Waals surface area contributed by atoms with Crippen LogP contribution in [0.4, 0.5) is 68.2 Å². The molecule has 458 valence electrons. The normalized spacial score (nSPS) is 11.3. The average Bonchev–Trinajstić information content (AvgIpc) is 0.701. The van der Waals surface area contributed by atoms with Crippen LogP contribution in [0.1, 0.15) is 22.3 Å². The molecule has 16 aromatic carbocycles. The second-order valence-corrected chi connectivity index (χ2v) is 25.2. The van der Waals surface area contributed by atoms with Crippen LogP contribution in [0.2, 0.25) is 0 Å². The maximum Gasteiger partial charge on any atom is 0.0561 e. The van der Waals surface area contributed by atoms with Gasteiger partial charge in [0.1, 0.15) is 0 Å². The highest BCUT2D eigenvalue weighted by Crippen LogP contribution is 2.55. The van der Waals surface area contributed by atoms with Gasteiger partial charge in [-0.05, 0) is 181 Å². The molecule has 0 N–H and O–H groups in total. The molecule has 0 heterocycles. The summed E-state index contributed by atoms with van der Waals surface area (Å²) in [7, 11) is 0. The molecule has 0 fully saturated rings. The molecule has 0 bridgehead atoms. The van der Waals surface area contributed by atoms with E-state index in [2.05, 4.69) is 399 Å². The first-order valence-electron chi connectivity index (χ1n) is 33.1. The minimum Gasteiger partial charge on any atom is -0.310 e. The Kier molecular flexibility index (Phi) is 15.5. The lowest BCUT2D eigenvalue weighted by Crippen LogP contribution is -2.16. The van der Waals surface area contributed by atoms with E-state index in [-0.39, 0.29) is 0 Å². The van der Waals surface area contributed by atoms with Gasteiger partial charge in [0.2, 0.25) is 0 Å². The minimum absolute atomic E-state index is 1.05. The monoisotopic (exact) mass is 1230 g/mol. The first kappa shape index (κ1) is 58.8. The quantitative estimate of drug-likeness (QED) is 0.0894. The van der Waals surface area contributed by atoms with Crippen molar-refractivity contribution < 1.29 is 0 Å². The predicted molar refractivity (Wildman–Crippen MR) is 410 cm³/mol. The SMILES string of the molecule is Cc1ccc(N(c2ccc(-c3ccccc3)cc2)c2cc(N(c3ccc(C)cc3)c3ccc(-c4ccccc4)cc3)c3ccc4c(N(c5ccc(C)cc5)c5ccc(-c6ccccc6)cc5)cc(N(c5ccc(C)cc5)c5ccc(-c6ccccc6)cc5)c5ccc2c3c54)cc1. The molecule has 0 aliphatic rings. The molecule has 0 aliphatic carbocycles. The smallest absolute Gasteiger partial charge is 0.0561 e. The first-order valence-corrected chi connectivity index (χ1v) is 33.1. The molecule has 0 saturated heterocycles. The third-order valence-corrected chi connectivity index (χ3v) is 18.9. The van der Waals surface area contributed by atoms with Crippen molar-refractivity contribution >= 4 is 101 Å². The Morgan fingerprint density at radius 3 is 0.490 bits per heavy atom. The van der Waals surface area contributed by atoms with Gasteiger partial charge in [-0.2, -0.15) is 0 Å². The van der Waals surface area contributed by atoms with Gasteiger partial charge in [0, 0.05) is 77.8 Å². The fourth-order valence-corrected chi connectivity index (χ4v) is 13.9. The van der Waals surface area contributed by atoms with E-state index in [0.29, 0.717) is 0 Å². The Balaban J connectivity index is 1.04. The summed E-state index contributed by atoms with van der Waals surface area (Å²) in [4.78, 5) is 9.93. The molecule has 0 aromatic heterocycles.